The maximum Gasteiger partial charge on any atom is 0.207 e. The van der Waals surface area contributed by atoms with Crippen molar-refractivity contribution in [2.75, 3.05) is 12.1 Å². The van der Waals surface area contributed by atoms with E-state index in [1.165, 1.54) is 23.5 Å². The van der Waals surface area contributed by atoms with Gasteiger partial charge in [0.15, 0.2) is 0 Å². The van der Waals surface area contributed by atoms with Crippen molar-refractivity contribution in [3.63, 3.8) is 0 Å². The summed E-state index contributed by atoms with van der Waals surface area (Å²) in [7, 11) is 1.65. The average molecular weight is 419 g/mol. The Hall–Kier alpha value is -3.45. The molecule has 0 saturated carbocycles. The lowest BCUT2D eigenvalue weighted by Gasteiger charge is -2.18. The van der Waals surface area contributed by atoms with Gasteiger partial charge in [-0.25, -0.2) is 14.4 Å². The average Bonchev–Trinajstić information content (AvgIpc) is 3.54. The normalized spacial score (nSPS) is 16.0. The molecule has 150 valence electrons. The summed E-state index contributed by atoms with van der Waals surface area (Å²) in [6.07, 6.45) is 2.31. The van der Waals surface area contributed by atoms with Crippen LogP contribution >= 0.6 is 11.3 Å². The zero-order valence-electron chi connectivity index (χ0n) is 16.2. The zero-order valence-corrected chi connectivity index (χ0v) is 17.0. The van der Waals surface area contributed by atoms with Gasteiger partial charge < -0.3 is 9.15 Å². The number of hydrogen-bond acceptors (Lipinski definition) is 6. The Balaban J connectivity index is 1.49. The largest absolute Gasteiger partial charge is 0.497 e. The number of hydrazone groups is 1. The molecule has 4 aromatic rings. The number of halogens is 1. The second kappa shape index (κ2) is 7.76. The van der Waals surface area contributed by atoms with Crippen molar-refractivity contribution in [1.29, 1.82) is 0 Å². The van der Waals surface area contributed by atoms with Crippen LogP contribution in [-0.2, 0) is 0 Å². The van der Waals surface area contributed by atoms with Crippen molar-refractivity contribution < 1.29 is 13.5 Å². The van der Waals surface area contributed by atoms with E-state index in [4.69, 9.17) is 19.2 Å². The highest BCUT2D eigenvalue weighted by Gasteiger charge is 2.33. The summed E-state index contributed by atoms with van der Waals surface area (Å²) >= 11 is 1.53. The van der Waals surface area contributed by atoms with Gasteiger partial charge in [0.25, 0.3) is 0 Å². The van der Waals surface area contributed by atoms with Crippen LogP contribution in [0.3, 0.4) is 0 Å². The lowest BCUT2D eigenvalue weighted by Crippen LogP contribution is -2.17. The number of furan rings is 1. The van der Waals surface area contributed by atoms with E-state index in [0.717, 1.165) is 39.2 Å². The number of anilines is 1. The number of ether oxygens (including phenoxy) is 1. The number of benzene rings is 2. The van der Waals surface area contributed by atoms with E-state index in [9.17, 15) is 4.39 Å². The fourth-order valence-corrected chi connectivity index (χ4v) is 4.30. The van der Waals surface area contributed by atoms with Gasteiger partial charge >= 0.3 is 0 Å². The van der Waals surface area contributed by atoms with Crippen molar-refractivity contribution in [3.05, 3.63) is 89.4 Å². The predicted octanol–water partition coefficient (Wildman–Crippen LogP) is 5.91. The van der Waals surface area contributed by atoms with Crippen LogP contribution in [0.4, 0.5) is 9.52 Å². The van der Waals surface area contributed by atoms with Crippen LogP contribution in [-0.4, -0.2) is 17.8 Å². The van der Waals surface area contributed by atoms with Gasteiger partial charge in [-0.3, -0.25) is 0 Å². The molecule has 2 aromatic heterocycles. The maximum atomic E-state index is 13.3. The first-order valence-corrected chi connectivity index (χ1v) is 10.4. The van der Waals surface area contributed by atoms with E-state index in [0.29, 0.717) is 6.42 Å². The molecule has 0 fully saturated rings. The van der Waals surface area contributed by atoms with E-state index in [-0.39, 0.29) is 11.9 Å². The third-order valence-corrected chi connectivity index (χ3v) is 5.86. The fourth-order valence-electron chi connectivity index (χ4n) is 3.47. The number of nitrogens with zero attached hydrogens (tertiary/aromatic N) is 3. The number of hydrogen-bond donors (Lipinski definition) is 0. The van der Waals surface area contributed by atoms with E-state index in [2.05, 4.69) is 0 Å². The van der Waals surface area contributed by atoms with Crippen molar-refractivity contribution in [3.8, 4) is 17.0 Å². The molecule has 0 N–H and O–H groups in total. The Morgan fingerprint density at radius 1 is 1.07 bits per heavy atom. The molecule has 1 unspecified atom stereocenters. The van der Waals surface area contributed by atoms with E-state index < -0.39 is 0 Å². The Labute approximate surface area is 177 Å². The van der Waals surface area contributed by atoms with Crippen LogP contribution in [0.5, 0.6) is 5.75 Å². The van der Waals surface area contributed by atoms with Gasteiger partial charge in [-0.15, -0.1) is 11.3 Å². The monoisotopic (exact) mass is 419 g/mol. The highest BCUT2D eigenvalue weighted by Crippen LogP contribution is 2.39. The van der Waals surface area contributed by atoms with Crippen LogP contribution in [0.15, 0.2) is 81.8 Å². The second-order valence-electron chi connectivity index (χ2n) is 6.88. The first-order chi connectivity index (χ1) is 14.7. The maximum absolute atomic E-state index is 13.3. The molecule has 1 atom stereocenters. The van der Waals surface area contributed by atoms with Crippen LogP contribution in [0, 0.1) is 5.82 Å². The molecule has 5 rings (SSSR count). The van der Waals surface area contributed by atoms with Gasteiger partial charge in [0.1, 0.15) is 23.4 Å². The summed E-state index contributed by atoms with van der Waals surface area (Å²) in [5.74, 6) is 1.36. The third kappa shape index (κ3) is 3.48. The standard InChI is InChI=1S/C23H18FN3O2S/c1-28-18-10-6-16(7-11-18)20-14-30-23(25-20)27-21(22-3-2-12-29-22)13-19(26-27)15-4-8-17(24)9-5-15/h2-12,14,21H,13H2,1H3. The molecule has 0 saturated heterocycles. The Morgan fingerprint density at radius 2 is 1.83 bits per heavy atom. The molecule has 0 radical (unpaired) electrons. The van der Waals surface area contributed by atoms with E-state index >= 15 is 0 Å². The first-order valence-electron chi connectivity index (χ1n) is 9.47. The predicted molar refractivity (Wildman–Crippen MR) is 116 cm³/mol. The SMILES string of the molecule is COc1ccc(-c2csc(N3N=C(c4ccc(F)cc4)CC3c3ccco3)n2)cc1. The second-order valence-corrected chi connectivity index (χ2v) is 7.71. The van der Waals surface area contributed by atoms with Gasteiger partial charge in [0.2, 0.25) is 5.13 Å². The molecule has 1 aliphatic heterocycles. The van der Waals surface area contributed by atoms with Crippen LogP contribution in [0.1, 0.15) is 23.8 Å². The van der Waals surface area contributed by atoms with Crippen molar-refractivity contribution in [2.45, 2.75) is 12.5 Å². The first kappa shape index (κ1) is 18.6. The lowest BCUT2D eigenvalue weighted by molar-refractivity contribution is 0.415. The van der Waals surface area contributed by atoms with Crippen molar-refractivity contribution >= 4 is 22.2 Å². The number of methoxy groups -OCH3 is 1. The molecule has 0 amide bonds. The molecule has 5 nitrogen and oxygen atoms in total. The number of thiazole rings is 1. The minimum Gasteiger partial charge on any atom is -0.497 e. The molecule has 0 spiro atoms. The lowest BCUT2D eigenvalue weighted by atomic mass is 10.0. The van der Waals surface area contributed by atoms with Gasteiger partial charge in [0.05, 0.1) is 24.8 Å². The van der Waals surface area contributed by atoms with Crippen LogP contribution < -0.4 is 9.75 Å². The minimum absolute atomic E-state index is 0.102. The molecule has 1 aliphatic rings. The highest BCUT2D eigenvalue weighted by atomic mass is 32.1. The summed E-state index contributed by atoms with van der Waals surface area (Å²) in [6, 6.07) is 17.9. The summed E-state index contributed by atoms with van der Waals surface area (Å²) in [6.45, 7) is 0. The van der Waals surface area contributed by atoms with Crippen molar-refractivity contribution in [2.24, 2.45) is 5.10 Å². The molecular formula is C23H18FN3O2S. The number of aromatic nitrogens is 1. The summed E-state index contributed by atoms with van der Waals surface area (Å²) in [4.78, 5) is 4.82. The molecule has 30 heavy (non-hydrogen) atoms. The molecule has 0 bridgehead atoms. The smallest absolute Gasteiger partial charge is 0.207 e. The third-order valence-electron chi connectivity index (χ3n) is 5.03. The summed E-state index contributed by atoms with van der Waals surface area (Å²) in [5, 5.41) is 9.52. The van der Waals surface area contributed by atoms with E-state index in [1.807, 2.05) is 46.8 Å². The highest BCUT2D eigenvalue weighted by molar-refractivity contribution is 7.14. The molecule has 2 aromatic carbocycles. The topological polar surface area (TPSA) is 50.9 Å². The number of rotatable bonds is 5. The molecule has 7 heteroatoms. The van der Waals surface area contributed by atoms with Gasteiger partial charge in [0, 0.05) is 17.4 Å². The fraction of sp³-hybridized carbons (Fsp3) is 0.130. The molecule has 0 aliphatic carbocycles. The molecule has 3 heterocycles. The zero-order chi connectivity index (χ0) is 20.5. The summed E-state index contributed by atoms with van der Waals surface area (Å²) in [5.41, 5.74) is 3.65. The van der Waals surface area contributed by atoms with Crippen LogP contribution in [0.2, 0.25) is 0 Å². The Bertz CT molecular complexity index is 1170. The Morgan fingerprint density at radius 3 is 2.53 bits per heavy atom. The molecular weight excluding hydrogens is 401 g/mol. The van der Waals surface area contributed by atoms with Gasteiger partial charge in [-0.1, -0.05) is 12.1 Å². The van der Waals surface area contributed by atoms with Crippen LogP contribution in [0.25, 0.3) is 11.3 Å². The van der Waals surface area contributed by atoms with Gasteiger partial charge in [-0.2, -0.15) is 5.10 Å². The minimum atomic E-state index is -0.263. The van der Waals surface area contributed by atoms with E-state index in [1.54, 1.807) is 25.5 Å². The van der Waals surface area contributed by atoms with Gasteiger partial charge in [-0.05, 0) is 54.1 Å². The quantitative estimate of drug-likeness (QED) is 0.404. The van der Waals surface area contributed by atoms with Crippen molar-refractivity contribution in [1.82, 2.24) is 4.98 Å². The summed E-state index contributed by atoms with van der Waals surface area (Å²) < 4.78 is 24.3. The Kier molecular flexibility index (Phi) is 4.80.